The lowest BCUT2D eigenvalue weighted by Crippen LogP contribution is -2.44. The van der Waals surface area contributed by atoms with Crippen LogP contribution in [-0.2, 0) is 9.53 Å². The van der Waals surface area contributed by atoms with Gasteiger partial charge in [0.2, 0.25) is 0 Å². The van der Waals surface area contributed by atoms with E-state index in [4.69, 9.17) is 10.5 Å². The summed E-state index contributed by atoms with van der Waals surface area (Å²) in [7, 11) is 0. The third kappa shape index (κ3) is 1.93. The maximum atomic E-state index is 10.9. The monoisotopic (exact) mass is 197 g/mol. The summed E-state index contributed by atoms with van der Waals surface area (Å²) >= 11 is 0. The summed E-state index contributed by atoms with van der Waals surface area (Å²) in [5.41, 5.74) is 5.71. The molecular formula is C9H15N3O2. The number of fused-ring (bicyclic) bond motifs is 1. The summed E-state index contributed by atoms with van der Waals surface area (Å²) in [6.07, 6.45) is 1.72. The zero-order valence-electron chi connectivity index (χ0n) is 8.11. The number of hydrogen-bond acceptors (Lipinski definition) is 4. The van der Waals surface area contributed by atoms with Crippen molar-refractivity contribution in [2.45, 2.75) is 19.0 Å². The SMILES string of the molecule is NC(=O)C1=NC2COCCCN2CC1. The number of carbonyl (C=O) groups excluding carboxylic acids is 1. The number of primary amides is 1. The van der Waals surface area contributed by atoms with Gasteiger partial charge >= 0.3 is 0 Å². The van der Waals surface area contributed by atoms with Gasteiger partial charge in [-0.2, -0.15) is 0 Å². The second-order valence-corrected chi connectivity index (χ2v) is 3.64. The van der Waals surface area contributed by atoms with Crippen LogP contribution >= 0.6 is 0 Å². The molecule has 1 fully saturated rings. The first kappa shape index (κ1) is 9.61. The predicted molar refractivity (Wildman–Crippen MR) is 52.0 cm³/mol. The number of carbonyl (C=O) groups is 1. The summed E-state index contributed by atoms with van der Waals surface area (Å²) in [5, 5.41) is 0. The Hall–Kier alpha value is -0.940. The van der Waals surface area contributed by atoms with Crippen molar-refractivity contribution in [3.8, 4) is 0 Å². The van der Waals surface area contributed by atoms with Crippen LogP contribution in [0.4, 0.5) is 0 Å². The average molecular weight is 197 g/mol. The van der Waals surface area contributed by atoms with Crippen molar-refractivity contribution >= 4 is 11.6 Å². The molecule has 0 aromatic carbocycles. The maximum Gasteiger partial charge on any atom is 0.262 e. The molecule has 0 aromatic rings. The lowest BCUT2D eigenvalue weighted by Gasteiger charge is -2.30. The van der Waals surface area contributed by atoms with Gasteiger partial charge in [-0.25, -0.2) is 0 Å². The highest BCUT2D eigenvalue weighted by Crippen LogP contribution is 2.14. The van der Waals surface area contributed by atoms with E-state index in [1.807, 2.05) is 0 Å². The molecule has 2 aliphatic heterocycles. The number of ether oxygens (including phenoxy) is 1. The van der Waals surface area contributed by atoms with Gasteiger partial charge in [-0.05, 0) is 6.42 Å². The predicted octanol–water partition coefficient (Wildman–Crippen LogP) is -0.635. The van der Waals surface area contributed by atoms with E-state index in [2.05, 4.69) is 9.89 Å². The van der Waals surface area contributed by atoms with Crippen LogP contribution in [0.2, 0.25) is 0 Å². The number of hydrogen-bond donors (Lipinski definition) is 1. The summed E-state index contributed by atoms with van der Waals surface area (Å²) in [5.74, 6) is -0.395. The topological polar surface area (TPSA) is 67.9 Å². The summed E-state index contributed by atoms with van der Waals surface area (Å²) in [6.45, 7) is 3.24. The van der Waals surface area contributed by atoms with E-state index < -0.39 is 5.91 Å². The van der Waals surface area contributed by atoms with Gasteiger partial charge in [0, 0.05) is 26.1 Å². The van der Waals surface area contributed by atoms with Gasteiger partial charge in [0.1, 0.15) is 11.9 Å². The quantitative estimate of drug-likeness (QED) is 0.608. The molecular weight excluding hydrogens is 182 g/mol. The Balaban J connectivity index is 2.11. The molecule has 1 unspecified atom stereocenters. The largest absolute Gasteiger partial charge is 0.378 e. The number of nitrogens with zero attached hydrogens (tertiary/aromatic N) is 2. The Kier molecular flexibility index (Phi) is 2.79. The van der Waals surface area contributed by atoms with Crippen LogP contribution in [0.3, 0.4) is 0 Å². The smallest absolute Gasteiger partial charge is 0.262 e. The van der Waals surface area contributed by atoms with Gasteiger partial charge in [-0.15, -0.1) is 0 Å². The van der Waals surface area contributed by atoms with Gasteiger partial charge < -0.3 is 10.5 Å². The molecule has 0 aliphatic carbocycles. The van der Waals surface area contributed by atoms with Crippen molar-refractivity contribution in [2.24, 2.45) is 10.7 Å². The number of rotatable bonds is 1. The van der Waals surface area contributed by atoms with E-state index in [0.717, 1.165) is 26.1 Å². The molecule has 1 saturated heterocycles. The second-order valence-electron chi connectivity index (χ2n) is 3.64. The highest BCUT2D eigenvalue weighted by molar-refractivity contribution is 6.38. The maximum absolute atomic E-state index is 10.9. The van der Waals surface area contributed by atoms with Crippen LogP contribution in [-0.4, -0.2) is 49.0 Å². The van der Waals surface area contributed by atoms with Crippen LogP contribution in [0.25, 0.3) is 0 Å². The Bertz CT molecular complexity index is 265. The highest BCUT2D eigenvalue weighted by Gasteiger charge is 2.26. The van der Waals surface area contributed by atoms with Crippen LogP contribution in [0.15, 0.2) is 4.99 Å². The summed E-state index contributed by atoms with van der Waals surface area (Å²) in [6, 6.07) is 0. The first-order valence-corrected chi connectivity index (χ1v) is 4.95. The lowest BCUT2D eigenvalue weighted by atomic mass is 10.2. The van der Waals surface area contributed by atoms with Gasteiger partial charge in [-0.1, -0.05) is 0 Å². The second kappa shape index (κ2) is 4.06. The Labute approximate surface area is 82.9 Å². The van der Waals surface area contributed by atoms with E-state index in [0.29, 0.717) is 18.7 Å². The van der Waals surface area contributed by atoms with E-state index in [9.17, 15) is 4.79 Å². The van der Waals surface area contributed by atoms with Crippen LogP contribution < -0.4 is 5.73 Å². The van der Waals surface area contributed by atoms with Crippen molar-refractivity contribution < 1.29 is 9.53 Å². The molecule has 2 rings (SSSR count). The van der Waals surface area contributed by atoms with E-state index >= 15 is 0 Å². The molecule has 0 bridgehead atoms. The lowest BCUT2D eigenvalue weighted by molar-refractivity contribution is -0.112. The molecule has 5 nitrogen and oxygen atoms in total. The number of aliphatic imine (C=N–C) groups is 1. The summed E-state index contributed by atoms with van der Waals surface area (Å²) < 4.78 is 5.39. The zero-order chi connectivity index (χ0) is 9.97. The minimum absolute atomic E-state index is 0.00810. The normalized spacial score (nSPS) is 28.9. The standard InChI is InChI=1S/C9H15N3O2/c10-9(13)7-2-4-12-3-1-5-14-6-8(12)11-7/h8H,1-6H2,(H2,10,13). The fraction of sp³-hybridized carbons (Fsp3) is 0.778. The molecule has 1 atom stereocenters. The minimum atomic E-state index is -0.395. The molecule has 2 aliphatic rings. The van der Waals surface area contributed by atoms with Crippen molar-refractivity contribution in [3.63, 3.8) is 0 Å². The molecule has 5 heteroatoms. The van der Waals surface area contributed by atoms with Gasteiger partial charge in [-0.3, -0.25) is 14.7 Å². The molecule has 14 heavy (non-hydrogen) atoms. The molecule has 2 heterocycles. The molecule has 0 saturated carbocycles. The Morgan fingerprint density at radius 3 is 3.21 bits per heavy atom. The van der Waals surface area contributed by atoms with Crippen molar-refractivity contribution in [1.82, 2.24) is 4.90 Å². The van der Waals surface area contributed by atoms with Gasteiger partial charge in [0.05, 0.1) is 6.61 Å². The van der Waals surface area contributed by atoms with E-state index in [1.165, 1.54) is 0 Å². The van der Waals surface area contributed by atoms with Crippen molar-refractivity contribution in [3.05, 3.63) is 0 Å². The first-order valence-electron chi connectivity index (χ1n) is 4.95. The minimum Gasteiger partial charge on any atom is -0.378 e. The molecule has 0 aromatic heterocycles. The third-order valence-electron chi connectivity index (χ3n) is 2.65. The third-order valence-corrected chi connectivity index (χ3v) is 2.65. The van der Waals surface area contributed by atoms with E-state index in [1.54, 1.807) is 0 Å². The molecule has 78 valence electrons. The zero-order valence-corrected chi connectivity index (χ0v) is 8.11. The molecule has 1 amide bonds. The highest BCUT2D eigenvalue weighted by atomic mass is 16.5. The van der Waals surface area contributed by atoms with E-state index in [-0.39, 0.29) is 6.17 Å². The first-order chi connectivity index (χ1) is 6.77. The Morgan fingerprint density at radius 1 is 1.57 bits per heavy atom. The number of nitrogens with two attached hydrogens (primary N) is 1. The van der Waals surface area contributed by atoms with Crippen molar-refractivity contribution in [1.29, 1.82) is 0 Å². The number of amides is 1. The van der Waals surface area contributed by atoms with Crippen molar-refractivity contribution in [2.75, 3.05) is 26.3 Å². The summed E-state index contributed by atoms with van der Waals surface area (Å²) in [4.78, 5) is 17.5. The van der Waals surface area contributed by atoms with Gasteiger partial charge in [0.15, 0.2) is 0 Å². The molecule has 2 N–H and O–H groups in total. The average Bonchev–Trinajstić information content (AvgIpc) is 2.41. The van der Waals surface area contributed by atoms with Crippen LogP contribution in [0.1, 0.15) is 12.8 Å². The molecule has 0 spiro atoms. The fourth-order valence-corrected chi connectivity index (χ4v) is 1.87. The fourth-order valence-electron chi connectivity index (χ4n) is 1.87. The Morgan fingerprint density at radius 2 is 2.43 bits per heavy atom. The van der Waals surface area contributed by atoms with Crippen LogP contribution in [0, 0.1) is 0 Å². The van der Waals surface area contributed by atoms with Crippen LogP contribution in [0.5, 0.6) is 0 Å². The van der Waals surface area contributed by atoms with Gasteiger partial charge in [0.25, 0.3) is 5.91 Å². The molecule has 0 radical (unpaired) electrons.